The first-order valence-electron chi connectivity index (χ1n) is 5.07. The number of nitrogens with zero attached hydrogens (tertiary/aromatic N) is 1. The molecular formula is C13H14N2O. The molecule has 0 spiro atoms. The third kappa shape index (κ3) is 1.98. The minimum atomic E-state index is 0.415. The van der Waals surface area contributed by atoms with Crippen molar-refractivity contribution in [2.45, 2.75) is 6.92 Å². The van der Waals surface area contributed by atoms with Crippen molar-refractivity contribution < 1.29 is 4.74 Å². The van der Waals surface area contributed by atoms with Gasteiger partial charge in [-0.25, -0.2) is 4.98 Å². The van der Waals surface area contributed by atoms with Gasteiger partial charge in [0.2, 0.25) is 0 Å². The van der Waals surface area contributed by atoms with Crippen molar-refractivity contribution in [3.8, 4) is 16.9 Å². The Morgan fingerprint density at radius 1 is 1.12 bits per heavy atom. The lowest BCUT2D eigenvalue weighted by Gasteiger charge is -2.06. The lowest BCUT2D eigenvalue weighted by molar-refractivity contribution is 0.415. The summed E-state index contributed by atoms with van der Waals surface area (Å²) < 4.78 is 5.14. The van der Waals surface area contributed by atoms with Gasteiger partial charge in [-0.3, -0.25) is 0 Å². The molecule has 0 amide bonds. The molecule has 1 aromatic heterocycles. The van der Waals surface area contributed by atoms with Gasteiger partial charge < -0.3 is 10.5 Å². The summed E-state index contributed by atoms with van der Waals surface area (Å²) in [7, 11) is 1.59. The normalized spacial score (nSPS) is 10.1. The standard InChI is InChI=1S/C13H14N2O/c1-9-3-5-10(6-4-9)11-7-12(16-2)13(14)15-8-11/h3-8H,1-2H3,(H2,14,15). The molecule has 2 rings (SSSR count). The highest BCUT2D eigenvalue weighted by molar-refractivity contribution is 5.67. The highest BCUT2D eigenvalue weighted by Gasteiger charge is 2.04. The average Bonchev–Trinajstić information content (AvgIpc) is 2.31. The first-order valence-corrected chi connectivity index (χ1v) is 5.07. The van der Waals surface area contributed by atoms with E-state index in [0.717, 1.165) is 11.1 Å². The Balaban J connectivity index is 2.44. The highest BCUT2D eigenvalue weighted by Crippen LogP contribution is 2.26. The van der Waals surface area contributed by atoms with Crippen molar-refractivity contribution in [2.75, 3.05) is 12.8 Å². The summed E-state index contributed by atoms with van der Waals surface area (Å²) in [5.74, 6) is 1.02. The maximum absolute atomic E-state index is 5.67. The number of rotatable bonds is 2. The lowest BCUT2D eigenvalue weighted by atomic mass is 10.1. The maximum Gasteiger partial charge on any atom is 0.166 e. The van der Waals surface area contributed by atoms with Crippen LogP contribution in [0.5, 0.6) is 5.75 Å². The monoisotopic (exact) mass is 214 g/mol. The number of hydrogen-bond donors (Lipinski definition) is 1. The van der Waals surface area contributed by atoms with E-state index in [1.807, 2.05) is 6.07 Å². The van der Waals surface area contributed by atoms with Crippen LogP contribution in [0.25, 0.3) is 11.1 Å². The molecule has 0 aliphatic carbocycles. The lowest BCUT2D eigenvalue weighted by Crippen LogP contribution is -1.95. The number of aryl methyl sites for hydroxylation is 1. The van der Waals surface area contributed by atoms with Gasteiger partial charge in [0.05, 0.1) is 7.11 Å². The molecule has 3 nitrogen and oxygen atoms in total. The molecule has 1 heterocycles. The Bertz CT molecular complexity index is 492. The van der Waals surface area contributed by atoms with Crippen molar-refractivity contribution in [3.63, 3.8) is 0 Å². The molecule has 0 aliphatic heterocycles. The second-order valence-corrected chi connectivity index (χ2v) is 3.68. The number of anilines is 1. The van der Waals surface area contributed by atoms with Gasteiger partial charge in [-0.05, 0) is 18.6 Å². The fraction of sp³-hybridized carbons (Fsp3) is 0.154. The Hall–Kier alpha value is -2.03. The molecule has 0 aliphatic rings. The topological polar surface area (TPSA) is 48.1 Å². The molecule has 0 saturated carbocycles. The zero-order valence-corrected chi connectivity index (χ0v) is 9.40. The zero-order valence-electron chi connectivity index (χ0n) is 9.40. The first-order chi connectivity index (χ1) is 7.70. The van der Waals surface area contributed by atoms with Gasteiger partial charge >= 0.3 is 0 Å². The van der Waals surface area contributed by atoms with Crippen molar-refractivity contribution in [2.24, 2.45) is 0 Å². The molecule has 0 unspecified atom stereocenters. The van der Waals surface area contributed by atoms with Crippen LogP contribution in [0.1, 0.15) is 5.56 Å². The minimum Gasteiger partial charge on any atom is -0.493 e. The molecule has 0 bridgehead atoms. The minimum absolute atomic E-state index is 0.415. The summed E-state index contributed by atoms with van der Waals surface area (Å²) in [6, 6.07) is 10.1. The zero-order chi connectivity index (χ0) is 11.5. The molecule has 82 valence electrons. The highest BCUT2D eigenvalue weighted by atomic mass is 16.5. The third-order valence-corrected chi connectivity index (χ3v) is 2.49. The maximum atomic E-state index is 5.67. The number of aromatic nitrogens is 1. The van der Waals surface area contributed by atoms with Crippen LogP contribution >= 0.6 is 0 Å². The van der Waals surface area contributed by atoms with Crippen LogP contribution < -0.4 is 10.5 Å². The molecule has 0 radical (unpaired) electrons. The molecule has 0 fully saturated rings. The van der Waals surface area contributed by atoms with Crippen LogP contribution in [0.4, 0.5) is 5.82 Å². The third-order valence-electron chi connectivity index (χ3n) is 2.49. The van der Waals surface area contributed by atoms with Gasteiger partial charge in [0.25, 0.3) is 0 Å². The largest absolute Gasteiger partial charge is 0.493 e. The number of pyridine rings is 1. The first kappa shape index (κ1) is 10.5. The van der Waals surface area contributed by atoms with Crippen LogP contribution in [-0.4, -0.2) is 12.1 Å². The summed E-state index contributed by atoms with van der Waals surface area (Å²) in [6.07, 6.45) is 1.75. The second kappa shape index (κ2) is 4.23. The van der Waals surface area contributed by atoms with Crippen molar-refractivity contribution >= 4 is 5.82 Å². The smallest absolute Gasteiger partial charge is 0.166 e. The Morgan fingerprint density at radius 2 is 1.81 bits per heavy atom. The van der Waals surface area contributed by atoms with Crippen molar-refractivity contribution in [3.05, 3.63) is 42.1 Å². The predicted octanol–water partition coefficient (Wildman–Crippen LogP) is 2.65. The van der Waals surface area contributed by atoms with E-state index < -0.39 is 0 Å². The van der Waals surface area contributed by atoms with Crippen molar-refractivity contribution in [1.82, 2.24) is 4.98 Å². The van der Waals surface area contributed by atoms with Crippen LogP contribution in [-0.2, 0) is 0 Å². The van der Waals surface area contributed by atoms with E-state index in [1.165, 1.54) is 5.56 Å². The molecule has 0 atom stereocenters. The summed E-state index contributed by atoms with van der Waals surface area (Å²) in [5.41, 5.74) is 9.01. The Labute approximate surface area is 94.9 Å². The number of nitrogens with two attached hydrogens (primary N) is 1. The van der Waals surface area contributed by atoms with E-state index in [0.29, 0.717) is 11.6 Å². The van der Waals surface area contributed by atoms with Crippen molar-refractivity contribution in [1.29, 1.82) is 0 Å². The van der Waals surface area contributed by atoms with Crippen LogP contribution in [0.3, 0.4) is 0 Å². The van der Waals surface area contributed by atoms with E-state index in [4.69, 9.17) is 10.5 Å². The molecule has 2 aromatic rings. The Kier molecular flexibility index (Phi) is 2.77. The van der Waals surface area contributed by atoms with E-state index in [-0.39, 0.29) is 0 Å². The number of benzene rings is 1. The van der Waals surface area contributed by atoms with Gasteiger partial charge in [-0.15, -0.1) is 0 Å². The molecule has 1 aromatic carbocycles. The second-order valence-electron chi connectivity index (χ2n) is 3.68. The Morgan fingerprint density at radius 3 is 2.44 bits per heavy atom. The summed E-state index contributed by atoms with van der Waals surface area (Å²) >= 11 is 0. The summed E-state index contributed by atoms with van der Waals surface area (Å²) in [5, 5.41) is 0. The predicted molar refractivity (Wildman–Crippen MR) is 65.4 cm³/mol. The van der Waals surface area contributed by atoms with Gasteiger partial charge in [-0.2, -0.15) is 0 Å². The van der Waals surface area contributed by atoms with Crippen LogP contribution in [0, 0.1) is 6.92 Å². The number of methoxy groups -OCH3 is 1. The van der Waals surface area contributed by atoms with Gasteiger partial charge in [-0.1, -0.05) is 29.8 Å². The van der Waals surface area contributed by atoms with Gasteiger partial charge in [0.1, 0.15) is 0 Å². The quantitative estimate of drug-likeness (QED) is 0.836. The SMILES string of the molecule is COc1cc(-c2ccc(C)cc2)cnc1N. The molecule has 16 heavy (non-hydrogen) atoms. The fourth-order valence-electron chi connectivity index (χ4n) is 1.52. The number of hydrogen-bond acceptors (Lipinski definition) is 3. The summed E-state index contributed by atoms with van der Waals surface area (Å²) in [4.78, 5) is 4.10. The van der Waals surface area contributed by atoms with Gasteiger partial charge in [0, 0.05) is 11.8 Å². The average molecular weight is 214 g/mol. The summed E-state index contributed by atoms with van der Waals surface area (Å²) in [6.45, 7) is 2.06. The number of nitrogen functional groups attached to an aromatic ring is 1. The molecule has 3 heteroatoms. The molecule has 2 N–H and O–H groups in total. The molecule has 0 saturated heterocycles. The van der Waals surface area contributed by atoms with E-state index >= 15 is 0 Å². The van der Waals surface area contributed by atoms with E-state index in [2.05, 4.69) is 36.2 Å². The van der Waals surface area contributed by atoms with E-state index in [1.54, 1.807) is 13.3 Å². The van der Waals surface area contributed by atoms with Crippen LogP contribution in [0.2, 0.25) is 0 Å². The fourth-order valence-corrected chi connectivity index (χ4v) is 1.52. The number of ether oxygens (including phenoxy) is 1. The van der Waals surface area contributed by atoms with E-state index in [9.17, 15) is 0 Å². The van der Waals surface area contributed by atoms with Gasteiger partial charge in [0.15, 0.2) is 11.6 Å². The molecular weight excluding hydrogens is 200 g/mol. The van der Waals surface area contributed by atoms with Crippen LogP contribution in [0.15, 0.2) is 36.5 Å².